The van der Waals surface area contributed by atoms with E-state index in [0.717, 1.165) is 10.3 Å². The molecule has 2 aromatic carbocycles. The summed E-state index contributed by atoms with van der Waals surface area (Å²) in [6.45, 7) is 1.64. The average Bonchev–Trinajstić information content (AvgIpc) is 3.35. The normalized spacial score (nSPS) is 12.0. The maximum absolute atomic E-state index is 12.5. The lowest BCUT2D eigenvalue weighted by molar-refractivity contribution is -0.384. The summed E-state index contributed by atoms with van der Waals surface area (Å²) in [5.74, 6) is -0.0348. The first-order valence-corrected chi connectivity index (χ1v) is 9.11. The second kappa shape index (κ2) is 7.20. The van der Waals surface area contributed by atoms with Gasteiger partial charge < -0.3 is 9.15 Å². The van der Waals surface area contributed by atoms with Crippen LogP contribution in [0, 0.1) is 10.1 Å². The molecular weight excluding hydrogens is 382 g/mol. The molecule has 0 unspecified atom stereocenters. The number of nitro benzene ring substituents is 1. The summed E-state index contributed by atoms with van der Waals surface area (Å²) in [6.07, 6.45) is -0.739. The van der Waals surface area contributed by atoms with Crippen LogP contribution in [0.3, 0.4) is 0 Å². The Labute approximate surface area is 162 Å². The largest absolute Gasteiger partial charge is 0.448 e. The molecular formula is C19H13N3O5S. The number of ether oxygens (including phenoxy) is 1. The molecule has 0 amide bonds. The van der Waals surface area contributed by atoms with Crippen molar-refractivity contribution in [3.8, 4) is 11.5 Å². The highest BCUT2D eigenvalue weighted by molar-refractivity contribution is 7.20. The van der Waals surface area contributed by atoms with Gasteiger partial charge in [-0.3, -0.25) is 10.1 Å². The summed E-state index contributed by atoms with van der Waals surface area (Å²) in [4.78, 5) is 23.2. The SMILES string of the molecule is C[C@H](OC(=O)c1cc2cc([N+](=O)[O-])ccc2s1)c1nnc(-c2ccccc2)o1. The molecule has 1 atom stereocenters. The molecule has 8 nitrogen and oxygen atoms in total. The van der Waals surface area contributed by atoms with Crippen LogP contribution in [0.2, 0.25) is 0 Å². The third-order valence-electron chi connectivity index (χ3n) is 4.00. The predicted octanol–water partition coefficient (Wildman–Crippen LogP) is 4.78. The minimum atomic E-state index is -0.739. The van der Waals surface area contributed by atoms with Gasteiger partial charge >= 0.3 is 5.97 Å². The van der Waals surface area contributed by atoms with Crippen molar-refractivity contribution in [1.82, 2.24) is 10.2 Å². The molecule has 28 heavy (non-hydrogen) atoms. The number of thiophene rings is 1. The van der Waals surface area contributed by atoms with Gasteiger partial charge in [0, 0.05) is 27.8 Å². The van der Waals surface area contributed by atoms with Crippen molar-refractivity contribution in [3.63, 3.8) is 0 Å². The van der Waals surface area contributed by atoms with Gasteiger partial charge in [-0.25, -0.2) is 4.79 Å². The number of non-ortho nitro benzene ring substituents is 1. The van der Waals surface area contributed by atoms with E-state index >= 15 is 0 Å². The number of esters is 1. The average molecular weight is 395 g/mol. The standard InChI is InChI=1S/C19H13N3O5S/c1-11(17-20-21-18(27-17)12-5-3-2-4-6-12)26-19(23)16-10-13-9-14(22(24)25)7-8-15(13)28-16/h2-11H,1H3/t11-/m0/s1. The molecule has 0 aliphatic carbocycles. The molecule has 0 saturated carbocycles. The summed E-state index contributed by atoms with van der Waals surface area (Å²) in [5, 5.41) is 19.4. The van der Waals surface area contributed by atoms with Crippen molar-refractivity contribution in [1.29, 1.82) is 0 Å². The number of fused-ring (bicyclic) bond motifs is 1. The zero-order chi connectivity index (χ0) is 19.7. The van der Waals surface area contributed by atoms with Crippen LogP contribution in [0.4, 0.5) is 5.69 Å². The Morgan fingerprint density at radius 1 is 1.18 bits per heavy atom. The first-order chi connectivity index (χ1) is 13.5. The van der Waals surface area contributed by atoms with Gasteiger partial charge in [-0.2, -0.15) is 0 Å². The van der Waals surface area contributed by atoms with Crippen LogP contribution in [0.25, 0.3) is 21.5 Å². The molecule has 0 radical (unpaired) electrons. The minimum absolute atomic E-state index is 0.0297. The monoisotopic (exact) mass is 395 g/mol. The highest BCUT2D eigenvalue weighted by Gasteiger charge is 2.21. The van der Waals surface area contributed by atoms with Crippen LogP contribution in [0.5, 0.6) is 0 Å². The number of rotatable bonds is 5. The number of hydrogen-bond acceptors (Lipinski definition) is 8. The molecule has 2 aromatic heterocycles. The van der Waals surface area contributed by atoms with E-state index in [1.54, 1.807) is 19.1 Å². The smallest absolute Gasteiger partial charge is 0.349 e. The van der Waals surface area contributed by atoms with Gasteiger partial charge in [-0.1, -0.05) is 18.2 Å². The van der Waals surface area contributed by atoms with E-state index in [0.29, 0.717) is 16.2 Å². The summed E-state index contributed by atoms with van der Waals surface area (Å²) >= 11 is 1.20. The van der Waals surface area contributed by atoms with E-state index in [4.69, 9.17) is 9.15 Å². The predicted molar refractivity (Wildman–Crippen MR) is 102 cm³/mol. The van der Waals surface area contributed by atoms with Crippen LogP contribution >= 0.6 is 11.3 Å². The van der Waals surface area contributed by atoms with E-state index in [9.17, 15) is 14.9 Å². The van der Waals surface area contributed by atoms with Crippen molar-refractivity contribution in [2.24, 2.45) is 0 Å². The lowest BCUT2D eigenvalue weighted by atomic mass is 10.2. The second-order valence-electron chi connectivity index (χ2n) is 5.95. The van der Waals surface area contributed by atoms with E-state index in [-0.39, 0.29) is 11.6 Å². The number of aromatic nitrogens is 2. The van der Waals surface area contributed by atoms with Crippen LogP contribution in [0.1, 0.15) is 28.6 Å². The highest BCUT2D eigenvalue weighted by atomic mass is 32.1. The quantitative estimate of drug-likeness (QED) is 0.272. The van der Waals surface area contributed by atoms with Crippen LogP contribution < -0.4 is 0 Å². The van der Waals surface area contributed by atoms with Crippen molar-refractivity contribution >= 4 is 33.1 Å². The van der Waals surface area contributed by atoms with E-state index in [1.165, 1.54) is 23.5 Å². The van der Waals surface area contributed by atoms with Gasteiger partial charge in [0.15, 0.2) is 6.10 Å². The molecule has 9 heteroatoms. The van der Waals surface area contributed by atoms with Gasteiger partial charge in [-0.05, 0) is 31.2 Å². The van der Waals surface area contributed by atoms with Gasteiger partial charge in [0.05, 0.1) is 4.92 Å². The third-order valence-corrected chi connectivity index (χ3v) is 5.10. The van der Waals surface area contributed by atoms with Gasteiger partial charge in [0.25, 0.3) is 11.6 Å². The number of carbonyl (C=O) groups excluding carboxylic acids is 1. The maximum atomic E-state index is 12.5. The highest BCUT2D eigenvalue weighted by Crippen LogP contribution is 2.30. The summed E-state index contributed by atoms with van der Waals surface area (Å²) in [5.41, 5.74) is 0.740. The van der Waals surface area contributed by atoms with Crippen molar-refractivity contribution in [2.45, 2.75) is 13.0 Å². The molecule has 4 aromatic rings. The van der Waals surface area contributed by atoms with Gasteiger partial charge in [0.1, 0.15) is 4.88 Å². The van der Waals surface area contributed by atoms with Crippen LogP contribution in [-0.2, 0) is 4.74 Å². The van der Waals surface area contributed by atoms with E-state index < -0.39 is 17.0 Å². The molecule has 2 heterocycles. The Hall–Kier alpha value is -3.59. The van der Waals surface area contributed by atoms with Crippen molar-refractivity contribution in [2.75, 3.05) is 0 Å². The fraction of sp³-hybridized carbons (Fsp3) is 0.105. The molecule has 0 aliphatic rings. The molecule has 0 fully saturated rings. The maximum Gasteiger partial charge on any atom is 0.349 e. The Bertz CT molecular complexity index is 1170. The van der Waals surface area contributed by atoms with Gasteiger partial charge in [0.2, 0.25) is 5.89 Å². The Kier molecular flexibility index (Phi) is 4.58. The number of nitrogens with zero attached hydrogens (tertiary/aromatic N) is 3. The third kappa shape index (κ3) is 3.47. The number of hydrogen-bond donors (Lipinski definition) is 0. The Balaban J connectivity index is 1.51. The zero-order valence-corrected chi connectivity index (χ0v) is 15.4. The summed E-state index contributed by atoms with van der Waals surface area (Å²) < 4.78 is 11.8. The van der Waals surface area contributed by atoms with Crippen molar-refractivity contribution in [3.05, 3.63) is 75.5 Å². The molecule has 0 N–H and O–H groups in total. The number of benzene rings is 2. The lowest BCUT2D eigenvalue weighted by Crippen LogP contribution is -2.08. The van der Waals surface area contributed by atoms with E-state index in [1.807, 2.05) is 30.3 Å². The summed E-state index contributed by atoms with van der Waals surface area (Å²) in [7, 11) is 0. The first-order valence-electron chi connectivity index (χ1n) is 8.29. The molecule has 0 aliphatic heterocycles. The second-order valence-corrected chi connectivity index (χ2v) is 7.03. The number of carbonyl (C=O) groups is 1. The fourth-order valence-electron chi connectivity index (χ4n) is 2.61. The van der Waals surface area contributed by atoms with Gasteiger partial charge in [-0.15, -0.1) is 21.5 Å². The molecule has 140 valence electrons. The van der Waals surface area contributed by atoms with Crippen molar-refractivity contribution < 1.29 is 18.9 Å². The Morgan fingerprint density at radius 2 is 1.96 bits per heavy atom. The van der Waals surface area contributed by atoms with Crippen LogP contribution in [-0.4, -0.2) is 21.1 Å². The number of nitro groups is 1. The van der Waals surface area contributed by atoms with E-state index in [2.05, 4.69) is 10.2 Å². The fourth-order valence-corrected chi connectivity index (χ4v) is 3.54. The summed E-state index contributed by atoms with van der Waals surface area (Å²) in [6, 6.07) is 15.3. The molecule has 4 rings (SSSR count). The van der Waals surface area contributed by atoms with Crippen LogP contribution in [0.15, 0.2) is 59.0 Å². The topological polar surface area (TPSA) is 108 Å². The zero-order valence-electron chi connectivity index (χ0n) is 14.6. The Morgan fingerprint density at radius 3 is 2.71 bits per heavy atom. The molecule has 0 saturated heterocycles. The molecule has 0 bridgehead atoms. The molecule has 0 spiro atoms. The lowest BCUT2D eigenvalue weighted by Gasteiger charge is -2.07. The first kappa shape index (κ1) is 17.8. The minimum Gasteiger partial charge on any atom is -0.448 e.